The molecular weight excluding hydrogens is 390 g/mol. The molecule has 7 nitrogen and oxygen atoms in total. The van der Waals surface area contributed by atoms with Crippen molar-refractivity contribution in [2.75, 3.05) is 6.54 Å². The van der Waals surface area contributed by atoms with Crippen LogP contribution in [-0.2, 0) is 13.0 Å². The van der Waals surface area contributed by atoms with Crippen molar-refractivity contribution in [1.29, 1.82) is 0 Å². The number of nitrogens with one attached hydrogen (secondary N) is 1. The Morgan fingerprint density at radius 2 is 2.19 bits per heavy atom. The molecule has 4 heterocycles. The number of oxazole rings is 1. The maximum Gasteiger partial charge on any atom is 0.181 e. The van der Waals surface area contributed by atoms with Crippen molar-refractivity contribution in [3.63, 3.8) is 0 Å². The van der Waals surface area contributed by atoms with Gasteiger partial charge in [-0.3, -0.25) is 0 Å². The van der Waals surface area contributed by atoms with Gasteiger partial charge in [0, 0.05) is 41.7 Å². The van der Waals surface area contributed by atoms with Crippen LogP contribution in [0.3, 0.4) is 0 Å². The predicted octanol–water partition coefficient (Wildman–Crippen LogP) is 4.21. The normalized spacial score (nSPS) is 20.8. The van der Waals surface area contributed by atoms with Crippen molar-refractivity contribution in [1.82, 2.24) is 24.8 Å². The van der Waals surface area contributed by atoms with Gasteiger partial charge in [0.1, 0.15) is 23.8 Å². The van der Waals surface area contributed by atoms with Crippen LogP contribution in [0.25, 0.3) is 22.4 Å². The maximum atomic E-state index is 6.63. The smallest absolute Gasteiger partial charge is 0.181 e. The molecule has 3 aromatic heterocycles. The molecule has 1 aliphatic heterocycles. The van der Waals surface area contributed by atoms with Crippen LogP contribution in [0, 0.1) is 6.92 Å². The van der Waals surface area contributed by atoms with Crippen molar-refractivity contribution in [2.24, 2.45) is 0 Å². The lowest BCUT2D eigenvalue weighted by atomic mass is 9.96. The highest BCUT2D eigenvalue weighted by Gasteiger charge is 2.30. The van der Waals surface area contributed by atoms with Gasteiger partial charge in [0.25, 0.3) is 0 Å². The average molecular weight is 415 g/mol. The minimum atomic E-state index is 0.182. The van der Waals surface area contributed by atoms with Crippen LogP contribution in [0.1, 0.15) is 42.1 Å². The fraction of sp³-hybridized carbons (Fsp3) is 0.375. The lowest BCUT2D eigenvalue weighted by molar-refractivity contribution is 0.202. The number of fused-ring (bicyclic) bond motifs is 2. The summed E-state index contributed by atoms with van der Waals surface area (Å²) in [5.74, 6) is 1.75. The first kappa shape index (κ1) is 18.6. The zero-order valence-corrected chi connectivity index (χ0v) is 17.5. The van der Waals surface area contributed by atoms with Crippen LogP contribution in [0.5, 0.6) is 5.75 Å². The first-order valence-corrected chi connectivity index (χ1v) is 11.0. The van der Waals surface area contributed by atoms with Crippen LogP contribution in [-0.4, -0.2) is 32.2 Å². The van der Waals surface area contributed by atoms with E-state index in [0.717, 1.165) is 72.6 Å². The lowest BCUT2D eigenvalue weighted by Gasteiger charge is -2.24. The van der Waals surface area contributed by atoms with Gasteiger partial charge < -0.3 is 19.0 Å². The lowest BCUT2D eigenvalue weighted by Crippen LogP contribution is -2.25. The Balaban J connectivity index is 1.27. The molecule has 0 spiro atoms. The molecular formula is C24H25N5O2. The Bertz CT molecular complexity index is 1230. The van der Waals surface area contributed by atoms with Crippen LogP contribution < -0.4 is 10.1 Å². The molecule has 0 bridgehead atoms. The first-order chi connectivity index (χ1) is 15.3. The van der Waals surface area contributed by atoms with Crippen molar-refractivity contribution in [2.45, 2.75) is 51.3 Å². The average Bonchev–Trinajstić information content (AvgIpc) is 3.55. The highest BCUT2D eigenvalue weighted by molar-refractivity contribution is 5.78. The Morgan fingerprint density at radius 3 is 3.10 bits per heavy atom. The summed E-state index contributed by atoms with van der Waals surface area (Å²) in [5, 5.41) is 4.61. The van der Waals surface area contributed by atoms with Gasteiger partial charge in [-0.2, -0.15) is 0 Å². The van der Waals surface area contributed by atoms with Crippen LogP contribution >= 0.6 is 0 Å². The number of ether oxygens (including phenoxy) is 1. The second-order valence-corrected chi connectivity index (χ2v) is 8.53. The fourth-order valence-corrected chi connectivity index (χ4v) is 5.02. The number of rotatable bonds is 4. The molecule has 1 N–H and O–H groups in total. The molecule has 7 heteroatoms. The number of nitrogens with zero attached hydrogens (tertiary/aromatic N) is 4. The standard InChI is InChI=1S/C24H25N5O2/c1-15-20-5-7-29(24(20)28-13-27-15)18-2-3-19(10-18)31-22-9-17(23-12-26-14-30-23)8-16-4-6-25-11-21(16)22/h5,7-9,12-14,18-19,25H,2-4,6,10-11H2,1H3. The van der Waals surface area contributed by atoms with E-state index in [2.05, 4.69) is 49.2 Å². The van der Waals surface area contributed by atoms with Gasteiger partial charge in [-0.1, -0.05) is 0 Å². The van der Waals surface area contributed by atoms with Crippen LogP contribution in [0.2, 0.25) is 0 Å². The van der Waals surface area contributed by atoms with E-state index in [1.807, 2.05) is 6.92 Å². The molecule has 4 aromatic rings. The van der Waals surface area contributed by atoms with Gasteiger partial charge >= 0.3 is 0 Å². The summed E-state index contributed by atoms with van der Waals surface area (Å²) in [5.41, 5.74) is 5.68. The van der Waals surface area contributed by atoms with Crippen molar-refractivity contribution in [3.05, 3.63) is 60.1 Å². The van der Waals surface area contributed by atoms with Gasteiger partial charge in [0.2, 0.25) is 0 Å². The molecule has 6 rings (SSSR count). The molecule has 1 saturated carbocycles. The van der Waals surface area contributed by atoms with E-state index in [9.17, 15) is 0 Å². The van der Waals surface area contributed by atoms with E-state index in [0.29, 0.717) is 6.04 Å². The van der Waals surface area contributed by atoms with E-state index in [-0.39, 0.29) is 6.10 Å². The SMILES string of the molecule is Cc1ncnc2c1ccn2C1CCC(Oc2cc(-c3cnco3)cc3c2CNCC3)C1. The first-order valence-electron chi connectivity index (χ1n) is 11.0. The molecule has 2 aliphatic rings. The minimum Gasteiger partial charge on any atom is -0.490 e. The van der Waals surface area contributed by atoms with E-state index >= 15 is 0 Å². The Morgan fingerprint density at radius 1 is 1.23 bits per heavy atom. The summed E-state index contributed by atoms with van der Waals surface area (Å²) in [7, 11) is 0. The maximum absolute atomic E-state index is 6.63. The second kappa shape index (κ2) is 7.50. The highest BCUT2D eigenvalue weighted by Crippen LogP contribution is 2.38. The summed E-state index contributed by atoms with van der Waals surface area (Å²) < 4.78 is 14.5. The minimum absolute atomic E-state index is 0.182. The third kappa shape index (κ3) is 3.29. The number of aromatic nitrogens is 4. The molecule has 31 heavy (non-hydrogen) atoms. The van der Waals surface area contributed by atoms with E-state index in [1.165, 1.54) is 17.5 Å². The fourth-order valence-electron chi connectivity index (χ4n) is 5.02. The second-order valence-electron chi connectivity index (χ2n) is 8.53. The number of hydrogen-bond donors (Lipinski definition) is 1. The molecule has 158 valence electrons. The molecule has 0 saturated heterocycles. The Labute approximate surface area is 180 Å². The van der Waals surface area contributed by atoms with Gasteiger partial charge in [0.05, 0.1) is 11.9 Å². The number of aryl methyl sites for hydroxylation is 1. The molecule has 1 aromatic carbocycles. The molecule has 2 atom stereocenters. The van der Waals surface area contributed by atoms with Gasteiger partial charge in [-0.25, -0.2) is 15.0 Å². The predicted molar refractivity (Wildman–Crippen MR) is 117 cm³/mol. The third-order valence-corrected chi connectivity index (χ3v) is 6.64. The van der Waals surface area contributed by atoms with Crippen LogP contribution in [0.15, 0.2) is 47.7 Å². The molecule has 2 unspecified atom stereocenters. The van der Waals surface area contributed by atoms with Crippen LogP contribution in [0.4, 0.5) is 0 Å². The molecule has 0 amide bonds. The summed E-state index contributed by atoms with van der Waals surface area (Å²) >= 11 is 0. The Kier molecular flexibility index (Phi) is 4.49. The summed E-state index contributed by atoms with van der Waals surface area (Å²) in [6.07, 6.45) is 11.3. The van der Waals surface area contributed by atoms with Gasteiger partial charge in [-0.05, 0) is 56.5 Å². The molecule has 0 radical (unpaired) electrons. The van der Waals surface area contributed by atoms with Crippen molar-refractivity contribution >= 4 is 11.0 Å². The Hall–Kier alpha value is -3.19. The summed E-state index contributed by atoms with van der Waals surface area (Å²) in [6, 6.07) is 6.85. The molecule has 1 fully saturated rings. The molecule has 1 aliphatic carbocycles. The largest absolute Gasteiger partial charge is 0.490 e. The van der Waals surface area contributed by atoms with E-state index < -0.39 is 0 Å². The summed E-state index contributed by atoms with van der Waals surface area (Å²) in [6.45, 7) is 3.86. The summed E-state index contributed by atoms with van der Waals surface area (Å²) in [4.78, 5) is 12.9. The number of benzene rings is 1. The van der Waals surface area contributed by atoms with Gasteiger partial charge in [-0.15, -0.1) is 0 Å². The van der Waals surface area contributed by atoms with Crippen molar-refractivity contribution in [3.8, 4) is 17.1 Å². The van der Waals surface area contributed by atoms with Crippen molar-refractivity contribution < 1.29 is 9.15 Å². The zero-order valence-electron chi connectivity index (χ0n) is 17.5. The number of hydrogen-bond acceptors (Lipinski definition) is 6. The van der Waals surface area contributed by atoms with Gasteiger partial charge in [0.15, 0.2) is 12.2 Å². The quantitative estimate of drug-likeness (QED) is 0.538. The highest BCUT2D eigenvalue weighted by atomic mass is 16.5. The topological polar surface area (TPSA) is 78.0 Å². The van der Waals surface area contributed by atoms with E-state index in [1.54, 1.807) is 12.5 Å². The monoisotopic (exact) mass is 415 g/mol. The van der Waals surface area contributed by atoms with E-state index in [4.69, 9.17) is 9.15 Å². The third-order valence-electron chi connectivity index (χ3n) is 6.64. The zero-order chi connectivity index (χ0) is 20.8.